The lowest BCUT2D eigenvalue weighted by Crippen LogP contribution is -2.37. The molecule has 2 heterocycles. The Kier molecular flexibility index (Phi) is 6.47. The van der Waals surface area contributed by atoms with Gasteiger partial charge in [0, 0.05) is 5.02 Å². The molecule has 0 aliphatic carbocycles. The molecule has 186 valence electrons. The largest absolute Gasteiger partial charge is 0.504 e. The first-order valence-corrected chi connectivity index (χ1v) is 12.0. The fraction of sp³-hybridized carbons (Fsp3) is 0.259. The minimum atomic E-state index is -1.02. The summed E-state index contributed by atoms with van der Waals surface area (Å²) >= 11 is 6.07. The lowest BCUT2D eigenvalue weighted by atomic mass is 9.90. The van der Waals surface area contributed by atoms with Crippen LogP contribution in [-0.2, 0) is 14.4 Å². The highest BCUT2D eigenvalue weighted by molar-refractivity contribution is 6.30. The number of aromatic hydroxyl groups is 1. The number of fused-ring (bicyclic) bond motifs is 1. The molecule has 2 aliphatic rings. The third-order valence-corrected chi connectivity index (χ3v) is 6.56. The predicted molar refractivity (Wildman–Crippen MR) is 134 cm³/mol. The number of hydrogen-bond acceptors (Lipinski definition) is 7. The van der Waals surface area contributed by atoms with Crippen LogP contribution in [0.4, 0.5) is 11.4 Å². The van der Waals surface area contributed by atoms with E-state index in [1.807, 2.05) is 6.92 Å². The molecular weight excluding hydrogens is 484 g/mol. The number of hydroxylamine groups is 1. The van der Waals surface area contributed by atoms with Crippen LogP contribution in [0.2, 0.25) is 5.02 Å². The fourth-order valence-electron chi connectivity index (χ4n) is 4.61. The summed E-state index contributed by atoms with van der Waals surface area (Å²) in [6.07, 6.45) is -0.145. The Morgan fingerprint density at radius 1 is 0.972 bits per heavy atom. The fourth-order valence-corrected chi connectivity index (χ4v) is 4.74. The molecule has 3 aromatic rings. The molecule has 5 rings (SSSR count). The van der Waals surface area contributed by atoms with Gasteiger partial charge in [0.2, 0.25) is 5.91 Å². The highest BCUT2D eigenvalue weighted by Gasteiger charge is 2.60. The van der Waals surface area contributed by atoms with Crippen LogP contribution < -0.4 is 19.4 Å². The number of phenols is 1. The Morgan fingerprint density at radius 3 is 2.33 bits per heavy atom. The summed E-state index contributed by atoms with van der Waals surface area (Å²) in [5.41, 5.74) is 1.74. The number of carbonyl (C=O) groups excluding carboxylic acids is 2. The van der Waals surface area contributed by atoms with Gasteiger partial charge in [0.25, 0.3) is 5.91 Å². The van der Waals surface area contributed by atoms with Gasteiger partial charge in [0.1, 0.15) is 11.7 Å². The van der Waals surface area contributed by atoms with Crippen molar-refractivity contribution in [3.8, 4) is 17.2 Å². The molecule has 36 heavy (non-hydrogen) atoms. The van der Waals surface area contributed by atoms with Crippen molar-refractivity contribution in [2.24, 2.45) is 5.92 Å². The van der Waals surface area contributed by atoms with E-state index in [0.717, 1.165) is 6.42 Å². The molecule has 0 saturated carbocycles. The van der Waals surface area contributed by atoms with E-state index in [9.17, 15) is 14.7 Å². The molecule has 0 aromatic heterocycles. The lowest BCUT2D eigenvalue weighted by molar-refractivity contribution is -0.126. The maximum Gasteiger partial charge on any atom is 0.266 e. The van der Waals surface area contributed by atoms with Crippen LogP contribution in [0.3, 0.4) is 0 Å². The van der Waals surface area contributed by atoms with E-state index < -0.39 is 24.0 Å². The molecule has 2 saturated heterocycles. The van der Waals surface area contributed by atoms with Crippen molar-refractivity contribution < 1.29 is 29.0 Å². The van der Waals surface area contributed by atoms with Gasteiger partial charge in [-0.1, -0.05) is 24.6 Å². The van der Waals surface area contributed by atoms with Crippen LogP contribution >= 0.6 is 11.6 Å². The standard InChI is InChI=1S/C27H25ClN2O6/c1-3-14-35-20-11-9-18(10-12-20)29-26(32)23-24(16-4-13-21(31)22(15-16)34-2)30(36-25(23)27(29)33)19-7-5-17(28)6-8-19/h4-13,15,23-25,31H,3,14H2,1-2H3/t23-,24+,25-/m0/s1. The smallest absolute Gasteiger partial charge is 0.266 e. The molecule has 2 aliphatic heterocycles. The maximum atomic E-state index is 13.8. The van der Waals surface area contributed by atoms with Gasteiger partial charge >= 0.3 is 0 Å². The molecule has 2 amide bonds. The zero-order valence-electron chi connectivity index (χ0n) is 19.8. The van der Waals surface area contributed by atoms with Gasteiger partial charge in [0.05, 0.1) is 31.1 Å². The average Bonchev–Trinajstić information content (AvgIpc) is 3.39. The minimum absolute atomic E-state index is 0.0319. The molecule has 3 atom stereocenters. The number of phenolic OH excluding ortho intramolecular Hbond substituents is 1. The van der Waals surface area contributed by atoms with Crippen molar-refractivity contribution in [3.05, 3.63) is 77.3 Å². The van der Waals surface area contributed by atoms with E-state index in [2.05, 4.69) is 0 Å². The second kappa shape index (κ2) is 9.72. The molecule has 0 spiro atoms. The zero-order chi connectivity index (χ0) is 25.4. The third-order valence-electron chi connectivity index (χ3n) is 6.31. The Labute approximate surface area is 213 Å². The van der Waals surface area contributed by atoms with E-state index >= 15 is 0 Å². The van der Waals surface area contributed by atoms with Crippen LogP contribution in [0.25, 0.3) is 0 Å². The number of rotatable bonds is 7. The second-order valence-corrected chi connectivity index (χ2v) is 9.02. The van der Waals surface area contributed by atoms with Gasteiger partial charge in [0.15, 0.2) is 17.6 Å². The normalized spacial score (nSPS) is 21.1. The van der Waals surface area contributed by atoms with E-state index in [-0.39, 0.29) is 17.4 Å². The van der Waals surface area contributed by atoms with E-state index in [1.54, 1.807) is 65.7 Å². The van der Waals surface area contributed by atoms with E-state index in [4.69, 9.17) is 25.9 Å². The van der Waals surface area contributed by atoms with Gasteiger partial charge in [-0.2, -0.15) is 0 Å². The van der Waals surface area contributed by atoms with Crippen molar-refractivity contribution in [2.45, 2.75) is 25.5 Å². The highest BCUT2D eigenvalue weighted by atomic mass is 35.5. The number of hydrogen-bond donors (Lipinski definition) is 1. The Bertz CT molecular complexity index is 1280. The van der Waals surface area contributed by atoms with Gasteiger partial charge < -0.3 is 14.6 Å². The van der Waals surface area contributed by atoms with Crippen LogP contribution in [0, 0.1) is 5.92 Å². The number of imide groups is 1. The number of benzene rings is 3. The first kappa shape index (κ1) is 24.0. The van der Waals surface area contributed by atoms with Gasteiger partial charge in [-0.05, 0) is 72.6 Å². The number of nitrogens with zero attached hydrogens (tertiary/aromatic N) is 2. The quantitative estimate of drug-likeness (QED) is 0.454. The van der Waals surface area contributed by atoms with E-state index in [1.165, 1.54) is 18.1 Å². The maximum absolute atomic E-state index is 13.8. The summed E-state index contributed by atoms with van der Waals surface area (Å²) in [6, 6.07) is 18.0. The first-order valence-electron chi connectivity index (χ1n) is 11.6. The number of methoxy groups -OCH3 is 1. The van der Waals surface area contributed by atoms with Crippen molar-refractivity contribution >= 4 is 34.8 Å². The Balaban J connectivity index is 1.52. The van der Waals surface area contributed by atoms with Crippen molar-refractivity contribution in [3.63, 3.8) is 0 Å². The number of carbonyl (C=O) groups is 2. The Hall–Kier alpha value is -3.75. The molecule has 0 bridgehead atoms. The molecule has 8 nitrogen and oxygen atoms in total. The van der Waals surface area contributed by atoms with Crippen LogP contribution in [0.5, 0.6) is 17.2 Å². The van der Waals surface area contributed by atoms with Crippen LogP contribution in [0.15, 0.2) is 66.7 Å². The molecule has 9 heteroatoms. The van der Waals surface area contributed by atoms with Crippen molar-refractivity contribution in [1.82, 2.24) is 0 Å². The number of anilines is 2. The summed E-state index contributed by atoms with van der Waals surface area (Å²) in [5.74, 6) is -0.753. The lowest BCUT2D eigenvalue weighted by Gasteiger charge is -2.29. The topological polar surface area (TPSA) is 88.5 Å². The average molecular weight is 509 g/mol. The number of ether oxygens (including phenoxy) is 2. The molecular formula is C27H25ClN2O6. The minimum Gasteiger partial charge on any atom is -0.504 e. The van der Waals surface area contributed by atoms with Gasteiger partial charge in [-0.25, -0.2) is 9.96 Å². The summed E-state index contributed by atoms with van der Waals surface area (Å²) in [7, 11) is 1.45. The first-order chi connectivity index (χ1) is 17.4. The number of amides is 2. The number of halogens is 1. The zero-order valence-corrected chi connectivity index (χ0v) is 20.5. The highest BCUT2D eigenvalue weighted by Crippen LogP contribution is 2.48. The molecule has 2 fully saturated rings. The van der Waals surface area contributed by atoms with Crippen LogP contribution in [-0.4, -0.2) is 36.7 Å². The second-order valence-electron chi connectivity index (χ2n) is 8.58. The van der Waals surface area contributed by atoms with Gasteiger partial charge in [-0.3, -0.25) is 14.4 Å². The summed E-state index contributed by atoms with van der Waals surface area (Å²) in [4.78, 5) is 34.5. The molecule has 3 aromatic carbocycles. The molecule has 1 N–H and O–H groups in total. The summed E-state index contributed by atoms with van der Waals surface area (Å²) in [5, 5.41) is 12.2. The molecule has 0 unspecified atom stereocenters. The Morgan fingerprint density at radius 2 is 1.67 bits per heavy atom. The van der Waals surface area contributed by atoms with Crippen molar-refractivity contribution in [2.75, 3.05) is 23.7 Å². The van der Waals surface area contributed by atoms with E-state index in [0.29, 0.717) is 34.3 Å². The SMILES string of the molecule is CCCOc1ccc(N2C(=O)[C@@H]3[C@H](ON(c4ccc(Cl)cc4)[C@@H]3c3ccc(O)c(OC)c3)C2=O)cc1. The van der Waals surface area contributed by atoms with Crippen LogP contribution in [0.1, 0.15) is 24.9 Å². The monoisotopic (exact) mass is 508 g/mol. The summed E-state index contributed by atoms with van der Waals surface area (Å²) in [6.45, 7) is 2.60. The summed E-state index contributed by atoms with van der Waals surface area (Å²) < 4.78 is 10.9. The van der Waals surface area contributed by atoms with Crippen molar-refractivity contribution in [1.29, 1.82) is 0 Å². The third kappa shape index (κ3) is 4.12. The predicted octanol–water partition coefficient (Wildman–Crippen LogP) is 4.89. The molecule has 0 radical (unpaired) electrons. The van der Waals surface area contributed by atoms with Gasteiger partial charge in [-0.15, -0.1) is 0 Å².